The van der Waals surface area contributed by atoms with Gasteiger partial charge in [-0.1, -0.05) is 23.2 Å². The third-order valence-corrected chi connectivity index (χ3v) is 7.14. The highest BCUT2D eigenvalue weighted by atomic mass is 35.5. The van der Waals surface area contributed by atoms with Crippen LogP contribution in [0.5, 0.6) is 0 Å². The quantitative estimate of drug-likeness (QED) is 0.121. The number of benzene rings is 2. The van der Waals surface area contributed by atoms with Crippen molar-refractivity contribution >= 4 is 69.3 Å². The number of alkyl carbamates (subject to hydrolysis) is 1. The number of aryl methyl sites for hydroxylation is 1. The minimum atomic E-state index is -0.833. The molecule has 2 aromatic carbocycles. The van der Waals surface area contributed by atoms with Crippen molar-refractivity contribution in [3.8, 4) is 0 Å². The number of fused-ring (bicyclic) bond motifs is 2. The molecule has 0 atom stereocenters. The number of rotatable bonds is 6. The van der Waals surface area contributed by atoms with Crippen LogP contribution in [0.1, 0.15) is 65.6 Å². The molecule has 4 N–H and O–H groups in total. The molecule has 0 bridgehead atoms. The summed E-state index contributed by atoms with van der Waals surface area (Å²) < 4.78 is 10.6. The SMILES string of the molecule is CC(C)(C)OC(=O)/N=C(/NCCNc1c2c(nc3ccc(Nc4ccc(Cl)c(Cl)c4)cc13)CCCC2)NC(=O)OC(C)(C)C. The first-order valence-corrected chi connectivity index (χ1v) is 15.4. The minimum Gasteiger partial charge on any atom is -0.444 e. The molecule has 0 aliphatic heterocycles. The van der Waals surface area contributed by atoms with Crippen LogP contribution in [-0.2, 0) is 22.3 Å². The maximum absolute atomic E-state index is 12.4. The van der Waals surface area contributed by atoms with Crippen LogP contribution in [0.15, 0.2) is 41.4 Å². The maximum atomic E-state index is 12.4. The first-order chi connectivity index (χ1) is 20.7. The van der Waals surface area contributed by atoms with E-state index in [4.69, 9.17) is 37.7 Å². The number of carbonyl (C=O) groups excluding carboxylic acids is 2. The molecule has 1 aliphatic rings. The van der Waals surface area contributed by atoms with Gasteiger partial charge in [0.2, 0.25) is 5.96 Å². The Morgan fingerprint density at radius 2 is 1.57 bits per heavy atom. The number of aliphatic imine (C=N–C) groups is 1. The molecule has 0 spiro atoms. The van der Waals surface area contributed by atoms with E-state index >= 15 is 0 Å². The number of hydrogen-bond acceptors (Lipinski definition) is 7. The van der Waals surface area contributed by atoms with Gasteiger partial charge in [-0.15, -0.1) is 4.99 Å². The maximum Gasteiger partial charge on any atom is 0.437 e. The highest BCUT2D eigenvalue weighted by molar-refractivity contribution is 6.42. The van der Waals surface area contributed by atoms with E-state index in [1.165, 1.54) is 5.56 Å². The number of ether oxygens (including phenoxy) is 2. The van der Waals surface area contributed by atoms with Gasteiger partial charge in [0.05, 0.1) is 15.6 Å². The van der Waals surface area contributed by atoms with Crippen molar-refractivity contribution in [3.63, 3.8) is 0 Å². The summed E-state index contributed by atoms with van der Waals surface area (Å²) >= 11 is 12.3. The number of halogens is 2. The molecule has 1 heterocycles. The molecule has 0 unspecified atom stereocenters. The van der Waals surface area contributed by atoms with E-state index in [1.807, 2.05) is 18.2 Å². The van der Waals surface area contributed by atoms with Crippen molar-refractivity contribution in [3.05, 3.63) is 57.7 Å². The summed E-state index contributed by atoms with van der Waals surface area (Å²) in [6, 6.07) is 11.5. The van der Waals surface area contributed by atoms with Gasteiger partial charge >= 0.3 is 12.2 Å². The van der Waals surface area contributed by atoms with Crippen molar-refractivity contribution in [1.82, 2.24) is 15.6 Å². The zero-order chi connectivity index (χ0) is 32.1. The Morgan fingerprint density at radius 1 is 0.886 bits per heavy atom. The zero-order valence-electron chi connectivity index (χ0n) is 26.0. The molecule has 1 aliphatic carbocycles. The Labute approximate surface area is 268 Å². The number of guanidine groups is 1. The van der Waals surface area contributed by atoms with Crippen LogP contribution in [0, 0.1) is 0 Å². The Kier molecular flexibility index (Phi) is 10.5. The molecule has 12 heteroatoms. The predicted molar refractivity (Wildman–Crippen MR) is 178 cm³/mol. The average molecular weight is 644 g/mol. The zero-order valence-corrected chi connectivity index (χ0v) is 27.5. The predicted octanol–water partition coefficient (Wildman–Crippen LogP) is 7.98. The fourth-order valence-electron chi connectivity index (χ4n) is 4.70. The monoisotopic (exact) mass is 642 g/mol. The van der Waals surface area contributed by atoms with Gasteiger partial charge in [-0.25, -0.2) is 9.59 Å². The second-order valence-corrected chi connectivity index (χ2v) is 13.3. The Hall–Kier alpha value is -3.76. The third-order valence-electron chi connectivity index (χ3n) is 6.41. The van der Waals surface area contributed by atoms with Crippen LogP contribution in [0.25, 0.3) is 10.9 Å². The summed E-state index contributed by atoms with van der Waals surface area (Å²) in [6.45, 7) is 11.3. The second kappa shape index (κ2) is 13.9. The van der Waals surface area contributed by atoms with Crippen LogP contribution >= 0.6 is 23.2 Å². The highest BCUT2D eigenvalue weighted by Gasteiger charge is 2.21. The Morgan fingerprint density at radius 3 is 2.27 bits per heavy atom. The molecule has 0 radical (unpaired) electrons. The number of carbonyl (C=O) groups is 2. The van der Waals surface area contributed by atoms with Gasteiger partial charge in [0, 0.05) is 41.2 Å². The first kappa shape index (κ1) is 33.1. The van der Waals surface area contributed by atoms with Gasteiger partial charge in [0.15, 0.2) is 0 Å². The lowest BCUT2D eigenvalue weighted by molar-refractivity contribution is 0.0560. The summed E-state index contributed by atoms with van der Waals surface area (Å²) in [4.78, 5) is 33.8. The average Bonchev–Trinajstić information content (AvgIpc) is 2.90. The number of amides is 2. The van der Waals surface area contributed by atoms with E-state index in [0.717, 1.165) is 59.3 Å². The summed E-state index contributed by atoms with van der Waals surface area (Å²) in [7, 11) is 0. The van der Waals surface area contributed by atoms with Crippen molar-refractivity contribution in [1.29, 1.82) is 0 Å². The number of aromatic nitrogens is 1. The van der Waals surface area contributed by atoms with Crippen molar-refractivity contribution < 1.29 is 19.1 Å². The van der Waals surface area contributed by atoms with Crippen molar-refractivity contribution in [2.24, 2.45) is 4.99 Å². The van der Waals surface area contributed by atoms with Gasteiger partial charge in [-0.3, -0.25) is 10.3 Å². The Balaban J connectivity index is 1.54. The van der Waals surface area contributed by atoms with Crippen LogP contribution in [-0.4, -0.2) is 47.4 Å². The van der Waals surface area contributed by atoms with Gasteiger partial charge in [-0.2, -0.15) is 0 Å². The van der Waals surface area contributed by atoms with Crippen LogP contribution in [0.4, 0.5) is 26.7 Å². The number of hydrogen-bond donors (Lipinski definition) is 4. The van der Waals surface area contributed by atoms with E-state index in [9.17, 15) is 9.59 Å². The fraction of sp³-hybridized carbons (Fsp3) is 0.438. The molecule has 2 amide bonds. The summed E-state index contributed by atoms with van der Waals surface area (Å²) in [6.07, 6.45) is 2.46. The molecule has 1 aromatic heterocycles. The molecule has 0 fully saturated rings. The molecular weight excluding hydrogens is 603 g/mol. The number of anilines is 3. The standard InChI is InChI=1S/C32H40Cl2N6O4/c1-31(2,3)43-29(41)39-28(40-30(42)44-32(4,5)6)36-16-15-35-27-21-9-7-8-10-25(21)38-26-14-12-19(17-22(26)27)37-20-11-13-23(33)24(34)18-20/h11-14,17-18,37H,7-10,15-16H2,1-6H3,(H,35,38)(H2,36,39,40,41,42). The second-order valence-electron chi connectivity index (χ2n) is 12.5. The fourth-order valence-corrected chi connectivity index (χ4v) is 5.00. The van der Waals surface area contributed by atoms with Gasteiger partial charge in [-0.05, 0) is 109 Å². The normalized spacial score (nSPS) is 13.6. The third kappa shape index (κ3) is 9.62. The summed E-state index contributed by atoms with van der Waals surface area (Å²) in [5.74, 6) is -0.0648. The first-order valence-electron chi connectivity index (χ1n) is 14.6. The molecule has 0 saturated heterocycles. The van der Waals surface area contributed by atoms with Crippen molar-refractivity contribution in [2.75, 3.05) is 23.7 Å². The van der Waals surface area contributed by atoms with E-state index in [2.05, 4.69) is 32.3 Å². The summed E-state index contributed by atoms with van der Waals surface area (Å²) in [5, 5.41) is 14.5. The van der Waals surface area contributed by atoms with Gasteiger partial charge < -0.3 is 25.4 Å². The lowest BCUT2D eigenvalue weighted by atomic mass is 9.92. The van der Waals surface area contributed by atoms with Gasteiger partial charge in [0.25, 0.3) is 0 Å². The smallest absolute Gasteiger partial charge is 0.437 e. The molecular formula is C32H40Cl2N6O4. The van der Waals surface area contributed by atoms with Crippen LogP contribution in [0.2, 0.25) is 10.0 Å². The van der Waals surface area contributed by atoms with E-state index < -0.39 is 23.4 Å². The largest absolute Gasteiger partial charge is 0.444 e. The molecule has 44 heavy (non-hydrogen) atoms. The minimum absolute atomic E-state index is 0.0648. The van der Waals surface area contributed by atoms with E-state index in [0.29, 0.717) is 23.1 Å². The van der Waals surface area contributed by atoms with Crippen LogP contribution in [0.3, 0.4) is 0 Å². The van der Waals surface area contributed by atoms with Crippen molar-refractivity contribution in [2.45, 2.75) is 78.4 Å². The number of pyridine rings is 1. The number of nitrogens with zero attached hydrogens (tertiary/aromatic N) is 2. The topological polar surface area (TPSA) is 126 Å². The molecule has 236 valence electrons. The highest BCUT2D eigenvalue weighted by Crippen LogP contribution is 2.35. The lowest BCUT2D eigenvalue weighted by Crippen LogP contribution is -2.45. The molecule has 10 nitrogen and oxygen atoms in total. The lowest BCUT2D eigenvalue weighted by Gasteiger charge is -2.23. The van der Waals surface area contributed by atoms with Gasteiger partial charge in [0.1, 0.15) is 11.2 Å². The molecule has 3 aromatic rings. The molecule has 0 saturated carbocycles. The summed E-state index contributed by atoms with van der Waals surface area (Å²) in [5.41, 5.74) is 4.43. The van der Waals surface area contributed by atoms with E-state index in [1.54, 1.807) is 53.7 Å². The number of nitrogens with one attached hydrogen (secondary N) is 4. The Bertz CT molecular complexity index is 1560. The van der Waals surface area contributed by atoms with Crippen LogP contribution < -0.4 is 21.3 Å². The van der Waals surface area contributed by atoms with E-state index in [-0.39, 0.29) is 5.96 Å². The molecule has 4 rings (SSSR count).